The fourth-order valence-electron chi connectivity index (χ4n) is 6.28. The number of rotatable bonds is 4. The maximum atomic E-state index is 14.8. The van der Waals surface area contributed by atoms with Gasteiger partial charge in [0.2, 0.25) is 5.76 Å². The van der Waals surface area contributed by atoms with Crippen molar-refractivity contribution < 1.29 is 18.7 Å². The Balaban J connectivity index is 1.49. The largest absolute Gasteiger partial charge is 0.450 e. The van der Waals surface area contributed by atoms with Gasteiger partial charge in [-0.15, -0.1) is 0 Å². The summed E-state index contributed by atoms with van der Waals surface area (Å²) in [5.74, 6) is -0.912. The molecule has 1 saturated heterocycles. The number of hydrogen-bond donors (Lipinski definition) is 0. The van der Waals surface area contributed by atoms with Crippen molar-refractivity contribution >= 4 is 40.1 Å². The number of anilines is 1. The molecule has 0 bridgehead atoms. The van der Waals surface area contributed by atoms with Crippen molar-refractivity contribution in [3.05, 3.63) is 110 Å². The molecule has 2 amide bonds. The van der Waals surface area contributed by atoms with Gasteiger partial charge in [0.25, 0.3) is 11.8 Å². The zero-order valence-corrected chi connectivity index (χ0v) is 22.0. The zero-order chi connectivity index (χ0) is 26.9. The Labute approximate surface area is 229 Å². The molecule has 3 aliphatic heterocycles. The Hall–Kier alpha value is -3.94. The van der Waals surface area contributed by atoms with Crippen LogP contribution in [0, 0.1) is 6.92 Å². The average Bonchev–Trinajstić information content (AvgIpc) is 3.60. The van der Waals surface area contributed by atoms with E-state index in [1.807, 2.05) is 49.4 Å². The van der Waals surface area contributed by atoms with E-state index in [1.165, 1.54) is 4.90 Å². The highest BCUT2D eigenvalue weighted by atomic mass is 35.5. The van der Waals surface area contributed by atoms with Crippen molar-refractivity contribution in [2.75, 3.05) is 18.1 Å². The average molecular weight is 541 g/mol. The smallest absolute Gasteiger partial charge is 0.291 e. The number of fused-ring (bicyclic) bond motifs is 5. The SMILES string of the molecule is Cc1ccc2oc3c(c(=O)c2c1)C1(C(=O)N(Cc2ccc(Cl)cc2)c2ccccc21)N(CC1CCCO1)C3=O. The van der Waals surface area contributed by atoms with Gasteiger partial charge in [0.05, 0.1) is 29.3 Å². The standard InChI is InChI=1S/C31H25ClN2O5/c1-18-8-13-25-22(15-18)27(35)26-28(39-25)29(36)34(17-21-5-4-14-38-21)31(26)23-6-2-3-7-24(23)33(30(31)37)16-19-9-11-20(32)12-10-19/h2-3,6-13,15,21H,4-5,14,16-17H2,1H3. The lowest BCUT2D eigenvalue weighted by Crippen LogP contribution is -2.55. The number of carbonyl (C=O) groups is 2. The minimum atomic E-state index is -1.65. The molecule has 7 nitrogen and oxygen atoms in total. The van der Waals surface area contributed by atoms with E-state index >= 15 is 0 Å². The third kappa shape index (κ3) is 3.43. The number of halogens is 1. The van der Waals surface area contributed by atoms with E-state index in [4.69, 9.17) is 20.8 Å². The van der Waals surface area contributed by atoms with Crippen LogP contribution in [-0.2, 0) is 21.6 Å². The number of hydrogen-bond acceptors (Lipinski definition) is 5. The maximum absolute atomic E-state index is 14.8. The number of para-hydroxylation sites is 1. The predicted octanol–water partition coefficient (Wildman–Crippen LogP) is 5.18. The first-order valence-corrected chi connectivity index (χ1v) is 13.4. The van der Waals surface area contributed by atoms with Crippen LogP contribution in [0.5, 0.6) is 0 Å². The lowest BCUT2D eigenvalue weighted by molar-refractivity contribution is -0.126. The molecular weight excluding hydrogens is 516 g/mol. The third-order valence-electron chi connectivity index (χ3n) is 8.06. The van der Waals surface area contributed by atoms with E-state index < -0.39 is 11.4 Å². The number of ether oxygens (including phenoxy) is 1. The molecular formula is C31H25ClN2O5. The normalized spacial score (nSPS) is 21.8. The zero-order valence-electron chi connectivity index (χ0n) is 21.3. The van der Waals surface area contributed by atoms with Gasteiger partial charge < -0.3 is 19.0 Å². The molecule has 3 aliphatic rings. The maximum Gasteiger partial charge on any atom is 0.291 e. The Morgan fingerprint density at radius 3 is 2.59 bits per heavy atom. The Morgan fingerprint density at radius 1 is 1.03 bits per heavy atom. The van der Waals surface area contributed by atoms with E-state index in [9.17, 15) is 14.4 Å². The van der Waals surface area contributed by atoms with Crippen molar-refractivity contribution in [2.24, 2.45) is 0 Å². The number of benzene rings is 3. The van der Waals surface area contributed by atoms with Gasteiger partial charge in [-0.1, -0.05) is 53.6 Å². The molecule has 1 aromatic heterocycles. The Bertz CT molecular complexity index is 1720. The minimum absolute atomic E-state index is 0.0779. The molecule has 2 atom stereocenters. The lowest BCUT2D eigenvalue weighted by Gasteiger charge is -2.35. The minimum Gasteiger partial charge on any atom is -0.450 e. The molecule has 4 aromatic rings. The van der Waals surface area contributed by atoms with Crippen LogP contribution in [-0.4, -0.2) is 36.0 Å². The van der Waals surface area contributed by atoms with Gasteiger partial charge in [0, 0.05) is 23.7 Å². The first-order chi connectivity index (χ1) is 18.9. The number of nitrogens with zero attached hydrogens (tertiary/aromatic N) is 2. The predicted molar refractivity (Wildman–Crippen MR) is 147 cm³/mol. The highest BCUT2D eigenvalue weighted by Crippen LogP contribution is 2.53. The first-order valence-electron chi connectivity index (χ1n) is 13.1. The summed E-state index contributed by atoms with van der Waals surface area (Å²) in [6, 6.07) is 20.0. The van der Waals surface area contributed by atoms with Crippen molar-refractivity contribution in [1.82, 2.24) is 4.90 Å². The van der Waals surface area contributed by atoms with Crippen LogP contribution in [0.3, 0.4) is 0 Å². The molecule has 0 radical (unpaired) electrons. The monoisotopic (exact) mass is 540 g/mol. The van der Waals surface area contributed by atoms with Crippen LogP contribution in [0.1, 0.15) is 45.7 Å². The van der Waals surface area contributed by atoms with Crippen LogP contribution < -0.4 is 10.3 Å². The molecule has 0 N–H and O–H groups in total. The van der Waals surface area contributed by atoms with Gasteiger partial charge in [0.1, 0.15) is 5.58 Å². The van der Waals surface area contributed by atoms with Crippen molar-refractivity contribution in [2.45, 2.75) is 38.0 Å². The summed E-state index contributed by atoms with van der Waals surface area (Å²) in [6.45, 7) is 2.91. The summed E-state index contributed by atoms with van der Waals surface area (Å²) in [6.07, 6.45) is 1.40. The summed E-state index contributed by atoms with van der Waals surface area (Å²) in [7, 11) is 0. The summed E-state index contributed by atoms with van der Waals surface area (Å²) >= 11 is 6.10. The van der Waals surface area contributed by atoms with Crippen molar-refractivity contribution in [3.63, 3.8) is 0 Å². The van der Waals surface area contributed by atoms with Gasteiger partial charge in [-0.2, -0.15) is 0 Å². The molecule has 1 fully saturated rings. The van der Waals surface area contributed by atoms with Crippen molar-refractivity contribution in [1.29, 1.82) is 0 Å². The summed E-state index contributed by atoms with van der Waals surface area (Å²) < 4.78 is 12.1. The number of aryl methyl sites for hydroxylation is 1. The molecule has 8 heteroatoms. The van der Waals surface area contributed by atoms with Gasteiger partial charge in [0.15, 0.2) is 11.0 Å². The Kier molecular flexibility index (Phi) is 5.44. The van der Waals surface area contributed by atoms with Gasteiger partial charge in [-0.05, 0) is 55.7 Å². The molecule has 0 aliphatic carbocycles. The van der Waals surface area contributed by atoms with E-state index in [0.29, 0.717) is 33.8 Å². The summed E-state index contributed by atoms with van der Waals surface area (Å²) in [5.41, 5.74) is 1.38. The van der Waals surface area contributed by atoms with Crippen LogP contribution in [0.4, 0.5) is 5.69 Å². The highest BCUT2D eigenvalue weighted by molar-refractivity contribution is 6.30. The Morgan fingerprint density at radius 2 is 1.82 bits per heavy atom. The third-order valence-corrected chi connectivity index (χ3v) is 8.31. The van der Waals surface area contributed by atoms with E-state index in [-0.39, 0.29) is 41.9 Å². The van der Waals surface area contributed by atoms with E-state index in [1.54, 1.807) is 29.2 Å². The quantitative estimate of drug-likeness (QED) is 0.356. The first kappa shape index (κ1) is 24.1. The molecule has 0 saturated carbocycles. The van der Waals surface area contributed by atoms with Gasteiger partial charge in [-0.25, -0.2) is 0 Å². The van der Waals surface area contributed by atoms with Crippen LogP contribution in [0.2, 0.25) is 5.02 Å². The lowest BCUT2D eigenvalue weighted by atomic mass is 9.83. The summed E-state index contributed by atoms with van der Waals surface area (Å²) in [4.78, 5) is 46.4. The number of amides is 2. The molecule has 1 spiro atoms. The molecule has 3 aromatic carbocycles. The fourth-order valence-corrected chi connectivity index (χ4v) is 6.40. The van der Waals surface area contributed by atoms with Crippen molar-refractivity contribution in [3.8, 4) is 0 Å². The second-order valence-corrected chi connectivity index (χ2v) is 10.9. The second kappa shape index (κ2) is 8.79. The topological polar surface area (TPSA) is 80.1 Å². The fraction of sp³-hybridized carbons (Fsp3) is 0.258. The van der Waals surface area contributed by atoms with Gasteiger partial charge >= 0.3 is 0 Å². The van der Waals surface area contributed by atoms with Crippen LogP contribution in [0.25, 0.3) is 11.0 Å². The van der Waals surface area contributed by atoms with Crippen LogP contribution in [0.15, 0.2) is 75.9 Å². The van der Waals surface area contributed by atoms with Gasteiger partial charge in [-0.3, -0.25) is 14.4 Å². The highest BCUT2D eigenvalue weighted by Gasteiger charge is 2.65. The van der Waals surface area contributed by atoms with E-state index in [2.05, 4.69) is 0 Å². The number of carbonyl (C=O) groups excluding carboxylic acids is 2. The molecule has 196 valence electrons. The second-order valence-electron chi connectivity index (χ2n) is 10.4. The van der Waals surface area contributed by atoms with E-state index in [0.717, 1.165) is 24.0 Å². The molecule has 39 heavy (non-hydrogen) atoms. The molecule has 2 unspecified atom stereocenters. The molecule has 4 heterocycles. The van der Waals surface area contributed by atoms with Crippen LogP contribution >= 0.6 is 11.6 Å². The summed E-state index contributed by atoms with van der Waals surface area (Å²) in [5, 5.41) is 0.947. The molecule has 7 rings (SSSR count).